The number of aromatic nitrogens is 2. The van der Waals surface area contributed by atoms with Crippen LogP contribution in [0.15, 0.2) is 42.5 Å². The van der Waals surface area contributed by atoms with Gasteiger partial charge in [0, 0.05) is 11.3 Å². The zero-order valence-corrected chi connectivity index (χ0v) is 14.6. The fourth-order valence-corrected chi connectivity index (χ4v) is 3.15. The van der Waals surface area contributed by atoms with E-state index in [2.05, 4.69) is 15.5 Å². The fourth-order valence-electron chi connectivity index (χ4n) is 2.39. The highest BCUT2D eigenvalue weighted by Gasteiger charge is 2.12. The first-order valence-corrected chi connectivity index (χ1v) is 8.56. The maximum Gasteiger partial charge on any atom is 0.336 e. The van der Waals surface area contributed by atoms with Crippen molar-refractivity contribution in [2.45, 2.75) is 13.8 Å². The molecule has 0 unspecified atom stereocenters. The predicted octanol–water partition coefficient (Wildman–Crippen LogP) is 4.35. The third kappa shape index (κ3) is 3.77. The number of hydrogen-bond donors (Lipinski definition) is 2. The normalized spacial score (nSPS) is 10.5. The van der Waals surface area contributed by atoms with Gasteiger partial charge in [0.25, 0.3) is 0 Å². The highest BCUT2D eigenvalue weighted by atomic mass is 32.1. The monoisotopic (exact) mass is 355 g/mol. The summed E-state index contributed by atoms with van der Waals surface area (Å²) < 4.78 is 5.51. The lowest BCUT2D eigenvalue weighted by Crippen LogP contribution is -2.02. The molecule has 1 aromatic heterocycles. The summed E-state index contributed by atoms with van der Waals surface area (Å²) in [7, 11) is 0. The van der Waals surface area contributed by atoms with Gasteiger partial charge in [-0.25, -0.2) is 4.79 Å². The Bertz CT molecular complexity index is 908. The van der Waals surface area contributed by atoms with Gasteiger partial charge in [-0.1, -0.05) is 29.5 Å². The number of benzene rings is 2. The lowest BCUT2D eigenvalue weighted by Gasteiger charge is -2.08. The van der Waals surface area contributed by atoms with Crippen LogP contribution in [-0.4, -0.2) is 27.9 Å². The quantitative estimate of drug-likeness (QED) is 0.684. The Morgan fingerprint density at radius 1 is 1.24 bits per heavy atom. The summed E-state index contributed by atoms with van der Waals surface area (Å²) in [5.74, 6) is -0.165. The van der Waals surface area contributed by atoms with Gasteiger partial charge in [0.1, 0.15) is 10.8 Å². The number of hydrogen-bond acceptors (Lipinski definition) is 6. The number of rotatable bonds is 6. The van der Waals surface area contributed by atoms with E-state index >= 15 is 0 Å². The van der Waals surface area contributed by atoms with Gasteiger partial charge in [0.15, 0.2) is 0 Å². The fraction of sp³-hybridized carbons (Fsp3) is 0.167. The molecule has 2 N–H and O–H groups in total. The van der Waals surface area contributed by atoms with Gasteiger partial charge in [-0.2, -0.15) is 0 Å². The highest BCUT2D eigenvalue weighted by Crippen LogP contribution is 2.31. The van der Waals surface area contributed by atoms with E-state index in [1.807, 2.05) is 37.3 Å². The van der Waals surface area contributed by atoms with Crippen molar-refractivity contribution in [2.24, 2.45) is 0 Å². The largest absolute Gasteiger partial charge is 0.494 e. The molecule has 1 heterocycles. The van der Waals surface area contributed by atoms with E-state index in [4.69, 9.17) is 4.74 Å². The molecule has 0 amide bonds. The standard InChI is InChI=1S/C18H17N3O3S/c1-3-24-13-7-4-6-12(10-13)16-20-21-18(25-16)19-15-9-5-8-14(11(15)2)17(22)23/h4-10H,3H2,1-2H3,(H,19,21)(H,22,23). The zero-order valence-electron chi connectivity index (χ0n) is 13.8. The summed E-state index contributed by atoms with van der Waals surface area (Å²) >= 11 is 1.39. The van der Waals surface area contributed by atoms with Crippen molar-refractivity contribution in [1.82, 2.24) is 10.2 Å². The number of carboxylic acids is 1. The van der Waals surface area contributed by atoms with Crippen molar-refractivity contribution in [1.29, 1.82) is 0 Å². The van der Waals surface area contributed by atoms with Crippen LogP contribution in [0.3, 0.4) is 0 Å². The Labute approximate surface area is 149 Å². The van der Waals surface area contributed by atoms with Crippen LogP contribution in [0.5, 0.6) is 5.75 Å². The third-order valence-electron chi connectivity index (χ3n) is 3.62. The van der Waals surface area contributed by atoms with Crippen LogP contribution in [0.2, 0.25) is 0 Å². The molecule has 0 atom stereocenters. The minimum absolute atomic E-state index is 0.263. The summed E-state index contributed by atoms with van der Waals surface area (Å²) in [5, 5.41) is 22.1. The van der Waals surface area contributed by atoms with Crippen LogP contribution < -0.4 is 10.1 Å². The van der Waals surface area contributed by atoms with Gasteiger partial charge >= 0.3 is 5.97 Å². The molecule has 0 aliphatic carbocycles. The molecular weight excluding hydrogens is 338 g/mol. The van der Waals surface area contributed by atoms with Crippen molar-refractivity contribution in [3.63, 3.8) is 0 Å². The molecule has 128 valence electrons. The molecule has 3 rings (SSSR count). The molecule has 0 spiro atoms. The molecule has 6 nitrogen and oxygen atoms in total. The Morgan fingerprint density at radius 2 is 2.04 bits per heavy atom. The highest BCUT2D eigenvalue weighted by molar-refractivity contribution is 7.18. The van der Waals surface area contributed by atoms with Gasteiger partial charge < -0.3 is 15.2 Å². The molecule has 0 saturated carbocycles. The van der Waals surface area contributed by atoms with Crippen LogP contribution in [-0.2, 0) is 0 Å². The Hall–Kier alpha value is -2.93. The molecule has 7 heteroatoms. The summed E-state index contributed by atoms with van der Waals surface area (Å²) in [6, 6.07) is 12.8. The smallest absolute Gasteiger partial charge is 0.336 e. The van der Waals surface area contributed by atoms with E-state index in [9.17, 15) is 9.90 Å². The van der Waals surface area contributed by atoms with Crippen LogP contribution in [0, 0.1) is 6.92 Å². The molecule has 0 bridgehead atoms. The van der Waals surface area contributed by atoms with Crippen LogP contribution in [0.25, 0.3) is 10.6 Å². The average Bonchev–Trinajstić information content (AvgIpc) is 3.06. The first-order valence-electron chi connectivity index (χ1n) is 7.75. The van der Waals surface area contributed by atoms with Gasteiger partial charge in [-0.05, 0) is 43.7 Å². The average molecular weight is 355 g/mol. The number of aromatic carboxylic acids is 1. The van der Waals surface area contributed by atoms with Crippen molar-refractivity contribution in [3.05, 3.63) is 53.6 Å². The molecule has 0 saturated heterocycles. The summed E-state index contributed by atoms with van der Waals surface area (Å²) in [5.41, 5.74) is 2.54. The molecule has 3 aromatic rings. The van der Waals surface area contributed by atoms with Crippen molar-refractivity contribution in [2.75, 3.05) is 11.9 Å². The molecule has 0 aliphatic heterocycles. The molecule has 2 aromatic carbocycles. The third-order valence-corrected chi connectivity index (χ3v) is 4.51. The van der Waals surface area contributed by atoms with Gasteiger partial charge in [0.2, 0.25) is 5.13 Å². The molecule has 0 fully saturated rings. The number of nitrogens with one attached hydrogen (secondary N) is 1. The molecule has 25 heavy (non-hydrogen) atoms. The Morgan fingerprint density at radius 3 is 2.80 bits per heavy atom. The number of ether oxygens (including phenoxy) is 1. The predicted molar refractivity (Wildman–Crippen MR) is 97.9 cm³/mol. The Balaban J connectivity index is 1.84. The minimum Gasteiger partial charge on any atom is -0.494 e. The second-order valence-corrected chi connectivity index (χ2v) is 6.26. The number of anilines is 2. The second-order valence-electron chi connectivity index (χ2n) is 5.28. The van der Waals surface area contributed by atoms with Crippen LogP contribution in [0.1, 0.15) is 22.8 Å². The summed E-state index contributed by atoms with van der Waals surface area (Å²) in [6.45, 7) is 4.30. The van der Waals surface area contributed by atoms with E-state index in [1.54, 1.807) is 19.1 Å². The van der Waals surface area contributed by atoms with Crippen molar-refractivity contribution >= 4 is 28.1 Å². The van der Waals surface area contributed by atoms with E-state index in [0.717, 1.165) is 16.3 Å². The first-order chi connectivity index (χ1) is 12.1. The van der Waals surface area contributed by atoms with Crippen molar-refractivity contribution < 1.29 is 14.6 Å². The maximum absolute atomic E-state index is 11.2. The molecule has 0 radical (unpaired) electrons. The first kappa shape index (κ1) is 16.9. The van der Waals surface area contributed by atoms with E-state index < -0.39 is 5.97 Å². The number of carboxylic acid groups (broad SMARTS) is 1. The van der Waals surface area contributed by atoms with Gasteiger partial charge in [-0.3, -0.25) is 0 Å². The maximum atomic E-state index is 11.2. The van der Waals surface area contributed by atoms with Crippen molar-refractivity contribution in [3.8, 4) is 16.3 Å². The van der Waals surface area contributed by atoms with E-state index in [0.29, 0.717) is 23.0 Å². The summed E-state index contributed by atoms with van der Waals surface area (Å²) in [4.78, 5) is 11.2. The van der Waals surface area contributed by atoms with Gasteiger partial charge in [0.05, 0.1) is 12.2 Å². The SMILES string of the molecule is CCOc1cccc(-c2nnc(Nc3cccc(C(=O)O)c3C)s2)c1. The second kappa shape index (κ2) is 7.31. The lowest BCUT2D eigenvalue weighted by atomic mass is 10.1. The molecular formula is C18H17N3O3S. The van der Waals surface area contributed by atoms with Gasteiger partial charge in [-0.15, -0.1) is 10.2 Å². The van der Waals surface area contributed by atoms with Crippen LogP contribution >= 0.6 is 11.3 Å². The summed E-state index contributed by atoms with van der Waals surface area (Å²) in [6.07, 6.45) is 0. The zero-order chi connectivity index (χ0) is 17.8. The Kier molecular flexibility index (Phi) is 4.95. The topological polar surface area (TPSA) is 84.3 Å². The number of nitrogens with zero attached hydrogens (tertiary/aromatic N) is 2. The van der Waals surface area contributed by atoms with Crippen LogP contribution in [0.4, 0.5) is 10.8 Å². The molecule has 0 aliphatic rings. The van der Waals surface area contributed by atoms with E-state index in [-0.39, 0.29) is 5.56 Å². The minimum atomic E-state index is -0.952. The number of carbonyl (C=O) groups is 1. The lowest BCUT2D eigenvalue weighted by molar-refractivity contribution is 0.0696. The van der Waals surface area contributed by atoms with E-state index in [1.165, 1.54) is 11.3 Å².